The number of esters is 3. The van der Waals surface area contributed by atoms with Crippen LogP contribution in [-0.4, -0.2) is 162 Å². The van der Waals surface area contributed by atoms with E-state index in [1.165, 1.54) is 6.92 Å². The zero-order valence-corrected chi connectivity index (χ0v) is 31.9. The quantitative estimate of drug-likeness (QED) is 0.134. The highest BCUT2D eigenvalue weighted by Crippen LogP contribution is 2.21. The first kappa shape index (κ1) is 44.7. The molecule has 288 valence electrons. The molecule has 1 aliphatic heterocycles. The summed E-state index contributed by atoms with van der Waals surface area (Å²) in [5, 5.41) is 12.2. The lowest BCUT2D eigenvalue weighted by molar-refractivity contribution is -0.158. The van der Waals surface area contributed by atoms with Gasteiger partial charge in [-0.25, -0.2) is 0 Å². The highest BCUT2D eigenvalue weighted by molar-refractivity contribution is 6.01. The van der Waals surface area contributed by atoms with Gasteiger partial charge in [-0.2, -0.15) is 0 Å². The molecule has 0 aromatic heterocycles. The van der Waals surface area contributed by atoms with E-state index in [1.807, 2.05) is 19.6 Å². The van der Waals surface area contributed by atoms with Gasteiger partial charge >= 0.3 is 23.9 Å². The number of carbonyl (C=O) groups is 6. The summed E-state index contributed by atoms with van der Waals surface area (Å²) in [4.78, 5) is 83.2. The van der Waals surface area contributed by atoms with Gasteiger partial charge in [0.15, 0.2) is 5.41 Å². The molecule has 16 heteroatoms. The molecule has 1 saturated heterocycles. The number of amides is 2. The minimum absolute atomic E-state index is 0.00498. The van der Waals surface area contributed by atoms with E-state index < -0.39 is 64.5 Å². The van der Waals surface area contributed by atoms with Crippen molar-refractivity contribution in [1.29, 1.82) is 0 Å². The van der Waals surface area contributed by atoms with Crippen LogP contribution < -0.4 is 11.1 Å². The third-order valence-corrected chi connectivity index (χ3v) is 7.69. The Hall–Kier alpha value is -3.34. The van der Waals surface area contributed by atoms with Crippen molar-refractivity contribution in [2.75, 3.05) is 85.1 Å². The molecule has 50 heavy (non-hydrogen) atoms. The Morgan fingerprint density at radius 1 is 0.580 bits per heavy atom. The molecule has 16 nitrogen and oxygen atoms in total. The Kier molecular flexibility index (Phi) is 17.3. The Morgan fingerprint density at radius 3 is 1.08 bits per heavy atom. The summed E-state index contributed by atoms with van der Waals surface area (Å²) in [5.74, 6) is -4.23. The fourth-order valence-corrected chi connectivity index (χ4v) is 5.11. The van der Waals surface area contributed by atoms with E-state index >= 15 is 0 Å². The lowest BCUT2D eigenvalue weighted by Crippen LogP contribution is -2.53. The molecular formula is C34H62N6O10. The van der Waals surface area contributed by atoms with Crippen LogP contribution >= 0.6 is 0 Å². The molecule has 1 rings (SSSR count). The Balaban J connectivity index is 3.32. The average Bonchev–Trinajstić information content (AvgIpc) is 2.91. The number of nitrogens with two attached hydrogens (primary N) is 1. The average molecular weight is 715 g/mol. The van der Waals surface area contributed by atoms with Crippen LogP contribution in [0.3, 0.4) is 0 Å². The summed E-state index contributed by atoms with van der Waals surface area (Å²) in [7, 11) is 0. The molecule has 0 saturated carbocycles. The number of nitrogens with one attached hydrogen (secondary N) is 1. The van der Waals surface area contributed by atoms with Crippen molar-refractivity contribution in [3.05, 3.63) is 0 Å². The maximum absolute atomic E-state index is 13.1. The number of carbonyl (C=O) groups excluding carboxylic acids is 5. The van der Waals surface area contributed by atoms with Gasteiger partial charge in [-0.15, -0.1) is 0 Å². The summed E-state index contributed by atoms with van der Waals surface area (Å²) in [6.45, 7) is 19.8. The maximum atomic E-state index is 13.1. The van der Waals surface area contributed by atoms with Crippen LogP contribution in [0.4, 0.5) is 0 Å². The van der Waals surface area contributed by atoms with E-state index in [2.05, 4.69) is 5.32 Å². The number of hydrogen-bond donors (Lipinski definition) is 3. The van der Waals surface area contributed by atoms with Crippen LogP contribution in [0.15, 0.2) is 0 Å². The van der Waals surface area contributed by atoms with Crippen molar-refractivity contribution in [3.63, 3.8) is 0 Å². The van der Waals surface area contributed by atoms with Gasteiger partial charge in [-0.1, -0.05) is 6.92 Å². The van der Waals surface area contributed by atoms with E-state index in [-0.39, 0.29) is 32.6 Å². The van der Waals surface area contributed by atoms with Crippen LogP contribution in [0.2, 0.25) is 0 Å². The first-order valence-corrected chi connectivity index (χ1v) is 17.2. The number of carboxylic acids is 1. The normalized spacial score (nSPS) is 18.1. The van der Waals surface area contributed by atoms with Gasteiger partial charge in [0, 0.05) is 58.9 Å². The second kappa shape index (κ2) is 19.3. The maximum Gasteiger partial charge on any atom is 0.321 e. The predicted octanol–water partition coefficient (Wildman–Crippen LogP) is 0.316. The second-order valence-corrected chi connectivity index (χ2v) is 15.7. The zero-order valence-electron chi connectivity index (χ0n) is 31.9. The molecule has 0 spiro atoms. The fourth-order valence-electron chi connectivity index (χ4n) is 5.11. The molecular weight excluding hydrogens is 652 g/mol. The highest BCUT2D eigenvalue weighted by atomic mass is 16.6. The minimum Gasteiger partial charge on any atom is -0.480 e. The van der Waals surface area contributed by atoms with Crippen LogP contribution in [0.1, 0.15) is 75.7 Å². The van der Waals surface area contributed by atoms with Crippen molar-refractivity contribution in [1.82, 2.24) is 24.9 Å². The number of primary amides is 1. The third kappa shape index (κ3) is 18.1. The monoisotopic (exact) mass is 714 g/mol. The van der Waals surface area contributed by atoms with E-state index in [0.29, 0.717) is 52.4 Å². The SMILES string of the molecule is CCC(CNC(=O)CN1CCN(CC(=O)OC(C)(C)C)CCN(CC(=O)OC(C)(C)C)CCN(CC(=O)OC(C)(C)C)CC1)(C(N)=O)C(=O)O. The van der Waals surface area contributed by atoms with Crippen molar-refractivity contribution in [2.24, 2.45) is 11.1 Å². The molecule has 0 radical (unpaired) electrons. The van der Waals surface area contributed by atoms with E-state index in [1.54, 1.807) is 62.3 Å². The van der Waals surface area contributed by atoms with Crippen molar-refractivity contribution in [2.45, 2.75) is 92.5 Å². The van der Waals surface area contributed by atoms with Gasteiger partial charge in [0.1, 0.15) is 16.8 Å². The van der Waals surface area contributed by atoms with Gasteiger partial charge in [0.05, 0.1) is 26.2 Å². The molecule has 1 unspecified atom stereocenters. The molecule has 2 amide bonds. The number of hydrogen-bond acceptors (Lipinski definition) is 13. The number of rotatable bonds is 13. The summed E-state index contributed by atoms with van der Waals surface area (Å²) < 4.78 is 16.7. The molecule has 0 aromatic carbocycles. The summed E-state index contributed by atoms with van der Waals surface area (Å²) in [6, 6.07) is 0. The Morgan fingerprint density at radius 2 is 0.860 bits per heavy atom. The molecule has 1 aliphatic rings. The fraction of sp³-hybridized carbons (Fsp3) is 0.824. The smallest absolute Gasteiger partial charge is 0.321 e. The lowest BCUT2D eigenvalue weighted by atomic mass is 9.84. The van der Waals surface area contributed by atoms with Gasteiger partial charge in [0.25, 0.3) is 0 Å². The van der Waals surface area contributed by atoms with Crippen LogP contribution in [0.5, 0.6) is 0 Å². The topological polar surface area (TPSA) is 201 Å². The van der Waals surface area contributed by atoms with Crippen LogP contribution in [0, 0.1) is 5.41 Å². The van der Waals surface area contributed by atoms with Gasteiger partial charge in [-0.3, -0.25) is 48.4 Å². The van der Waals surface area contributed by atoms with Gasteiger partial charge in [-0.05, 0) is 68.7 Å². The summed E-state index contributed by atoms with van der Waals surface area (Å²) >= 11 is 0. The molecule has 0 aromatic rings. The molecule has 4 N–H and O–H groups in total. The molecule has 1 heterocycles. The Bertz CT molecular complexity index is 1110. The van der Waals surface area contributed by atoms with E-state index in [9.17, 15) is 33.9 Å². The first-order chi connectivity index (χ1) is 22.8. The van der Waals surface area contributed by atoms with Crippen molar-refractivity contribution < 1.29 is 48.1 Å². The lowest BCUT2D eigenvalue weighted by Gasteiger charge is -2.34. The number of carboxylic acid groups (broad SMARTS) is 1. The highest BCUT2D eigenvalue weighted by Gasteiger charge is 2.43. The third-order valence-electron chi connectivity index (χ3n) is 7.69. The van der Waals surface area contributed by atoms with Crippen LogP contribution in [-0.2, 0) is 43.0 Å². The summed E-state index contributed by atoms with van der Waals surface area (Å²) in [6.07, 6.45) is -0.105. The van der Waals surface area contributed by atoms with Crippen LogP contribution in [0.25, 0.3) is 0 Å². The molecule has 0 aliphatic carbocycles. The van der Waals surface area contributed by atoms with Crippen molar-refractivity contribution >= 4 is 35.7 Å². The van der Waals surface area contributed by atoms with E-state index in [4.69, 9.17) is 19.9 Å². The van der Waals surface area contributed by atoms with Crippen molar-refractivity contribution in [3.8, 4) is 0 Å². The molecule has 1 fully saturated rings. The molecule has 1 atom stereocenters. The predicted molar refractivity (Wildman–Crippen MR) is 186 cm³/mol. The Labute approximate surface area is 297 Å². The number of nitrogens with zero attached hydrogens (tertiary/aromatic N) is 4. The molecule has 0 bridgehead atoms. The van der Waals surface area contributed by atoms with Gasteiger partial charge < -0.3 is 30.4 Å². The van der Waals surface area contributed by atoms with Gasteiger partial charge in [0.2, 0.25) is 11.8 Å². The minimum atomic E-state index is -1.95. The second-order valence-electron chi connectivity index (χ2n) is 15.7. The number of aliphatic carboxylic acids is 1. The first-order valence-electron chi connectivity index (χ1n) is 17.2. The summed E-state index contributed by atoms with van der Waals surface area (Å²) in [5.41, 5.74) is 1.40. The van der Waals surface area contributed by atoms with E-state index in [0.717, 1.165) is 0 Å². The number of ether oxygens (including phenoxy) is 3. The largest absolute Gasteiger partial charge is 0.480 e. The standard InChI is InChI=1S/C34H62N6O10/c1-11-34(29(35)45,30(46)47)24-36-25(41)20-37-12-14-38(21-26(42)48-31(2,3)4)16-18-40(23-28(44)50-33(8,9)10)19-17-39(15-13-37)22-27(43)49-32(5,6)7/h11-24H2,1-10H3,(H2,35,45)(H,36,41)(H,46,47). The zero-order chi connectivity index (χ0) is 38.5.